The molecule has 8 heteroatoms. The van der Waals surface area contributed by atoms with Gasteiger partial charge < -0.3 is 5.73 Å². The van der Waals surface area contributed by atoms with Gasteiger partial charge in [-0.2, -0.15) is 12.8 Å². The van der Waals surface area contributed by atoms with E-state index in [2.05, 4.69) is 4.40 Å². The third-order valence-electron chi connectivity index (χ3n) is 1.76. The molecule has 1 aliphatic heterocycles. The van der Waals surface area contributed by atoms with Gasteiger partial charge >= 0.3 is 0 Å². The number of rotatable bonds is 3. The molecule has 0 aromatic rings. The zero-order valence-corrected chi connectivity index (χ0v) is 9.10. The molecule has 0 unspecified atom stereocenters. The van der Waals surface area contributed by atoms with Crippen molar-refractivity contribution < 1.29 is 16.8 Å². The van der Waals surface area contributed by atoms with Gasteiger partial charge in [0.2, 0.25) is 0 Å². The lowest BCUT2D eigenvalue weighted by atomic mass is 10.4. The standard InChI is InChI=1S/C6H10N2O4S2/c1-2-13(9,10)4-5-3-8-14(11,12)6(5)7/h3H,2,4,7H2,1H3. The van der Waals surface area contributed by atoms with Crippen LogP contribution in [0.4, 0.5) is 0 Å². The molecule has 2 N–H and O–H groups in total. The molecule has 0 amide bonds. The second-order valence-corrected chi connectivity index (χ2v) is 6.73. The van der Waals surface area contributed by atoms with E-state index in [1.165, 1.54) is 6.92 Å². The second kappa shape index (κ2) is 3.35. The van der Waals surface area contributed by atoms with Crippen LogP contribution in [-0.2, 0) is 19.9 Å². The van der Waals surface area contributed by atoms with Gasteiger partial charge in [0.1, 0.15) is 0 Å². The first-order valence-corrected chi connectivity index (χ1v) is 7.04. The Morgan fingerprint density at radius 3 is 2.43 bits per heavy atom. The van der Waals surface area contributed by atoms with Gasteiger partial charge in [0, 0.05) is 17.5 Å². The van der Waals surface area contributed by atoms with E-state index in [-0.39, 0.29) is 17.1 Å². The molecule has 0 bridgehead atoms. The lowest BCUT2D eigenvalue weighted by Gasteiger charge is -2.00. The first kappa shape index (κ1) is 11.2. The normalized spacial score (nSPS) is 20.4. The van der Waals surface area contributed by atoms with Crippen molar-refractivity contribution in [2.45, 2.75) is 6.92 Å². The smallest absolute Gasteiger partial charge is 0.297 e. The van der Waals surface area contributed by atoms with Crippen molar-refractivity contribution in [1.29, 1.82) is 0 Å². The molecule has 80 valence electrons. The summed E-state index contributed by atoms with van der Waals surface area (Å²) < 4.78 is 47.4. The van der Waals surface area contributed by atoms with Crippen LogP contribution >= 0.6 is 0 Å². The Labute approximate surface area is 82.5 Å². The summed E-state index contributed by atoms with van der Waals surface area (Å²) in [6.07, 6.45) is 0.984. The monoisotopic (exact) mass is 238 g/mol. The third kappa shape index (κ3) is 2.13. The van der Waals surface area contributed by atoms with Crippen molar-refractivity contribution in [3.05, 3.63) is 10.6 Å². The lowest BCUT2D eigenvalue weighted by Crippen LogP contribution is -2.15. The molecule has 1 heterocycles. The molecule has 0 aliphatic carbocycles. The molecular weight excluding hydrogens is 228 g/mol. The van der Waals surface area contributed by atoms with Gasteiger partial charge in [-0.05, 0) is 0 Å². The zero-order valence-electron chi connectivity index (χ0n) is 7.47. The van der Waals surface area contributed by atoms with Crippen molar-refractivity contribution in [2.24, 2.45) is 10.1 Å². The van der Waals surface area contributed by atoms with E-state index in [9.17, 15) is 16.8 Å². The average Bonchev–Trinajstić information content (AvgIpc) is 2.32. The highest BCUT2D eigenvalue weighted by molar-refractivity contribution is 7.94. The van der Waals surface area contributed by atoms with Crippen LogP contribution in [0.25, 0.3) is 0 Å². The molecule has 1 aliphatic rings. The molecular formula is C6H10N2O4S2. The van der Waals surface area contributed by atoms with Gasteiger partial charge in [0.25, 0.3) is 10.0 Å². The highest BCUT2D eigenvalue weighted by atomic mass is 32.2. The summed E-state index contributed by atoms with van der Waals surface area (Å²) in [7, 11) is -7.07. The molecule has 6 nitrogen and oxygen atoms in total. The number of sulfonamides is 1. The molecule has 0 aromatic heterocycles. The Morgan fingerprint density at radius 1 is 1.50 bits per heavy atom. The molecule has 0 saturated carbocycles. The number of nitrogens with zero attached hydrogens (tertiary/aromatic N) is 1. The van der Waals surface area contributed by atoms with Crippen LogP contribution in [0.15, 0.2) is 15.0 Å². The van der Waals surface area contributed by atoms with Gasteiger partial charge in [-0.25, -0.2) is 8.42 Å². The van der Waals surface area contributed by atoms with Gasteiger partial charge in [-0.15, -0.1) is 0 Å². The third-order valence-corrected chi connectivity index (χ3v) is 4.59. The molecule has 0 spiro atoms. The SMILES string of the molecule is CCS(=O)(=O)CC1=C(N)S(=O)(=O)N=C1. The lowest BCUT2D eigenvalue weighted by molar-refractivity contribution is 0.600. The Hall–Kier alpha value is -0.890. The Balaban J connectivity index is 3.06. The van der Waals surface area contributed by atoms with E-state index in [0.29, 0.717) is 0 Å². The maximum atomic E-state index is 11.2. The van der Waals surface area contributed by atoms with E-state index >= 15 is 0 Å². The summed E-state index contributed by atoms with van der Waals surface area (Å²) in [4.78, 5) is 0. The van der Waals surface area contributed by atoms with Crippen LogP contribution in [-0.4, -0.2) is 34.6 Å². The second-order valence-electron chi connectivity index (χ2n) is 2.78. The summed E-state index contributed by atoms with van der Waals surface area (Å²) in [6.45, 7) is 1.48. The number of hydrogen-bond acceptors (Lipinski definition) is 5. The molecule has 0 saturated heterocycles. The summed E-state index contributed by atoms with van der Waals surface area (Å²) in [5, 5.41) is -0.463. The van der Waals surface area contributed by atoms with Gasteiger partial charge in [-0.1, -0.05) is 6.92 Å². The number of sulfone groups is 1. The first-order chi connectivity index (χ1) is 6.28. The fourth-order valence-electron chi connectivity index (χ4n) is 0.866. The van der Waals surface area contributed by atoms with E-state index in [0.717, 1.165) is 6.21 Å². The van der Waals surface area contributed by atoms with Crippen molar-refractivity contribution in [2.75, 3.05) is 11.5 Å². The first-order valence-electron chi connectivity index (χ1n) is 3.78. The molecule has 14 heavy (non-hydrogen) atoms. The Kier molecular flexibility index (Phi) is 2.68. The van der Waals surface area contributed by atoms with Crippen LogP contribution in [0.2, 0.25) is 0 Å². The molecule has 0 radical (unpaired) electrons. The van der Waals surface area contributed by atoms with Crippen LogP contribution in [0.5, 0.6) is 0 Å². The Bertz CT molecular complexity index is 498. The number of hydrogen-bond donors (Lipinski definition) is 1. The van der Waals surface area contributed by atoms with Crippen LogP contribution < -0.4 is 5.73 Å². The van der Waals surface area contributed by atoms with E-state index < -0.39 is 24.9 Å². The van der Waals surface area contributed by atoms with E-state index in [1.807, 2.05) is 0 Å². The summed E-state index contributed by atoms with van der Waals surface area (Å²) in [5.74, 6) is -0.435. The van der Waals surface area contributed by atoms with Crippen molar-refractivity contribution in [3.63, 3.8) is 0 Å². The molecule has 1 rings (SSSR count). The molecule has 0 fully saturated rings. The highest BCUT2D eigenvalue weighted by Crippen LogP contribution is 2.16. The summed E-state index contributed by atoms with van der Waals surface area (Å²) in [5.41, 5.74) is 5.27. The van der Waals surface area contributed by atoms with Gasteiger partial charge in [0.15, 0.2) is 14.9 Å². The Morgan fingerprint density at radius 2 is 2.07 bits per heavy atom. The largest absolute Gasteiger partial charge is 0.388 e. The quantitative estimate of drug-likeness (QED) is 0.679. The van der Waals surface area contributed by atoms with Crippen molar-refractivity contribution >= 4 is 26.1 Å². The fourth-order valence-corrected chi connectivity index (χ4v) is 2.70. The average molecular weight is 238 g/mol. The van der Waals surface area contributed by atoms with E-state index in [4.69, 9.17) is 5.73 Å². The summed E-state index contributed by atoms with van der Waals surface area (Å²) >= 11 is 0. The van der Waals surface area contributed by atoms with Gasteiger partial charge in [-0.3, -0.25) is 0 Å². The van der Waals surface area contributed by atoms with Crippen LogP contribution in [0.1, 0.15) is 6.92 Å². The molecule has 0 atom stereocenters. The fraction of sp³-hybridized carbons (Fsp3) is 0.500. The highest BCUT2D eigenvalue weighted by Gasteiger charge is 2.25. The summed E-state index contributed by atoms with van der Waals surface area (Å²) in [6, 6.07) is 0. The maximum absolute atomic E-state index is 11.2. The predicted molar refractivity (Wildman–Crippen MR) is 53.0 cm³/mol. The van der Waals surface area contributed by atoms with Crippen molar-refractivity contribution in [3.8, 4) is 0 Å². The minimum Gasteiger partial charge on any atom is -0.388 e. The predicted octanol–water partition coefficient (Wildman–Crippen LogP) is -0.994. The van der Waals surface area contributed by atoms with E-state index in [1.54, 1.807) is 0 Å². The molecule has 0 aromatic carbocycles. The number of nitrogens with two attached hydrogens (primary N) is 1. The topological polar surface area (TPSA) is 107 Å². The van der Waals surface area contributed by atoms with Gasteiger partial charge in [0.05, 0.1) is 5.75 Å². The van der Waals surface area contributed by atoms with Crippen LogP contribution in [0.3, 0.4) is 0 Å². The maximum Gasteiger partial charge on any atom is 0.297 e. The van der Waals surface area contributed by atoms with Crippen LogP contribution in [0, 0.1) is 0 Å². The minimum atomic E-state index is -3.79. The minimum absolute atomic E-state index is 0.0480. The zero-order chi connectivity index (χ0) is 11.0. The van der Waals surface area contributed by atoms with Crippen molar-refractivity contribution in [1.82, 2.24) is 0 Å².